The molecule has 2 aromatic carbocycles. The fourth-order valence-electron chi connectivity index (χ4n) is 2.88. The Labute approximate surface area is 148 Å². The zero-order chi connectivity index (χ0) is 18.7. The van der Waals surface area contributed by atoms with Crippen LogP contribution in [0.4, 0.5) is 18.9 Å². The third-order valence-electron chi connectivity index (χ3n) is 4.00. The van der Waals surface area contributed by atoms with Crippen molar-refractivity contribution in [1.82, 2.24) is 4.90 Å². The quantitative estimate of drug-likeness (QED) is 0.875. The van der Waals surface area contributed by atoms with Crippen LogP contribution in [-0.4, -0.2) is 37.4 Å². The van der Waals surface area contributed by atoms with E-state index in [1.807, 2.05) is 0 Å². The number of anilines is 1. The lowest BCUT2D eigenvalue weighted by Gasteiger charge is -2.38. The molecule has 8 heteroatoms. The van der Waals surface area contributed by atoms with Crippen LogP contribution < -0.4 is 10.1 Å². The van der Waals surface area contributed by atoms with Crippen LogP contribution in [0.15, 0.2) is 48.5 Å². The molecule has 1 atom stereocenters. The molecule has 0 aromatic heterocycles. The van der Waals surface area contributed by atoms with Gasteiger partial charge in [0.05, 0.1) is 12.2 Å². The summed E-state index contributed by atoms with van der Waals surface area (Å²) in [5.74, 6) is -0.643. The first-order chi connectivity index (χ1) is 12.4. The minimum absolute atomic E-state index is 0.210. The van der Waals surface area contributed by atoms with Gasteiger partial charge in [-0.3, -0.25) is 4.79 Å². The van der Waals surface area contributed by atoms with Crippen LogP contribution >= 0.6 is 0 Å². The molecule has 0 spiro atoms. The van der Waals surface area contributed by atoms with Gasteiger partial charge in [0.1, 0.15) is 11.9 Å². The largest absolute Gasteiger partial charge is 0.573 e. The number of hydrogen-bond donors (Lipinski definition) is 1. The Hall–Kier alpha value is -2.74. The van der Waals surface area contributed by atoms with Gasteiger partial charge in [-0.2, -0.15) is 0 Å². The van der Waals surface area contributed by atoms with E-state index in [1.54, 1.807) is 30.3 Å². The SMILES string of the molecule is COCCN1C(=O)c2ccccc2N[C@@H]1c1ccccc1OC(F)(F)F. The second-order valence-electron chi connectivity index (χ2n) is 5.67. The number of hydrogen-bond acceptors (Lipinski definition) is 4. The molecular formula is C18H17F3N2O3. The number of nitrogens with zero attached hydrogens (tertiary/aromatic N) is 1. The predicted octanol–water partition coefficient (Wildman–Crippen LogP) is 3.80. The summed E-state index contributed by atoms with van der Waals surface area (Å²) in [5, 5.41) is 3.13. The number of carbonyl (C=O) groups excluding carboxylic acids is 1. The Bertz CT molecular complexity index is 795. The molecular weight excluding hydrogens is 349 g/mol. The van der Waals surface area contributed by atoms with Gasteiger partial charge in [-0.25, -0.2) is 0 Å². The first kappa shape index (κ1) is 18.1. The van der Waals surface area contributed by atoms with Gasteiger partial charge in [0.15, 0.2) is 0 Å². The van der Waals surface area contributed by atoms with Crippen molar-refractivity contribution in [3.63, 3.8) is 0 Å². The lowest BCUT2D eigenvalue weighted by Crippen LogP contribution is -2.44. The number of benzene rings is 2. The third kappa shape index (κ3) is 3.75. The fraction of sp³-hybridized carbons (Fsp3) is 0.278. The van der Waals surface area contributed by atoms with Gasteiger partial charge >= 0.3 is 6.36 Å². The highest BCUT2D eigenvalue weighted by atomic mass is 19.4. The van der Waals surface area contributed by atoms with Gasteiger partial charge in [0, 0.05) is 24.9 Å². The number of halogens is 3. The van der Waals surface area contributed by atoms with Crippen LogP contribution in [0.5, 0.6) is 5.75 Å². The van der Waals surface area contributed by atoms with Crippen molar-refractivity contribution in [2.45, 2.75) is 12.5 Å². The summed E-state index contributed by atoms with van der Waals surface area (Å²) in [6, 6.07) is 12.6. The van der Waals surface area contributed by atoms with Gasteiger partial charge in [-0.05, 0) is 18.2 Å². The van der Waals surface area contributed by atoms with Crippen molar-refractivity contribution in [1.29, 1.82) is 0 Å². The highest BCUT2D eigenvalue weighted by Crippen LogP contribution is 2.38. The van der Waals surface area contributed by atoms with E-state index in [-0.39, 0.29) is 30.4 Å². The van der Waals surface area contributed by atoms with Crippen molar-refractivity contribution >= 4 is 11.6 Å². The minimum Gasteiger partial charge on any atom is -0.405 e. The van der Waals surface area contributed by atoms with Crippen molar-refractivity contribution in [2.75, 3.05) is 25.6 Å². The van der Waals surface area contributed by atoms with Crippen molar-refractivity contribution < 1.29 is 27.4 Å². The molecule has 2 aromatic rings. The molecule has 5 nitrogen and oxygen atoms in total. The molecule has 0 fully saturated rings. The number of ether oxygens (including phenoxy) is 2. The van der Waals surface area contributed by atoms with Crippen LogP contribution in [0.2, 0.25) is 0 Å². The summed E-state index contributed by atoms with van der Waals surface area (Å²) in [6.07, 6.45) is -5.64. The van der Waals surface area contributed by atoms with Gasteiger partial charge in [-0.1, -0.05) is 30.3 Å². The zero-order valence-corrected chi connectivity index (χ0v) is 13.9. The second-order valence-corrected chi connectivity index (χ2v) is 5.67. The summed E-state index contributed by atoms with van der Waals surface area (Å²) in [5.41, 5.74) is 1.22. The number of fused-ring (bicyclic) bond motifs is 1. The number of para-hydroxylation sites is 2. The van der Waals surface area contributed by atoms with Crippen LogP contribution in [-0.2, 0) is 4.74 Å². The molecule has 1 amide bonds. The summed E-state index contributed by atoms with van der Waals surface area (Å²) in [4.78, 5) is 14.3. The average Bonchev–Trinajstić information content (AvgIpc) is 2.60. The van der Waals surface area contributed by atoms with E-state index in [9.17, 15) is 18.0 Å². The van der Waals surface area contributed by atoms with Crippen molar-refractivity contribution in [2.24, 2.45) is 0 Å². The Morgan fingerprint density at radius 2 is 1.81 bits per heavy atom. The summed E-state index contributed by atoms with van der Waals surface area (Å²) < 4.78 is 47.5. The molecule has 1 N–H and O–H groups in total. The maximum Gasteiger partial charge on any atom is 0.573 e. The van der Waals surface area contributed by atoms with Gasteiger partial charge in [0.2, 0.25) is 0 Å². The van der Waals surface area contributed by atoms with E-state index in [1.165, 1.54) is 30.2 Å². The van der Waals surface area contributed by atoms with Crippen LogP contribution in [0.1, 0.15) is 22.1 Å². The van der Waals surface area contributed by atoms with Gasteiger partial charge in [0.25, 0.3) is 5.91 Å². The molecule has 0 saturated heterocycles. The molecule has 138 valence electrons. The van der Waals surface area contributed by atoms with Gasteiger partial charge < -0.3 is 19.7 Å². The normalized spacial score (nSPS) is 16.8. The molecule has 0 saturated carbocycles. The molecule has 0 radical (unpaired) electrons. The zero-order valence-electron chi connectivity index (χ0n) is 13.9. The smallest absolute Gasteiger partial charge is 0.405 e. The fourth-order valence-corrected chi connectivity index (χ4v) is 2.88. The predicted molar refractivity (Wildman–Crippen MR) is 88.8 cm³/mol. The first-order valence-corrected chi connectivity index (χ1v) is 7.91. The molecule has 3 rings (SSSR count). The number of carbonyl (C=O) groups is 1. The summed E-state index contributed by atoms with van der Waals surface area (Å²) in [7, 11) is 1.49. The number of nitrogens with one attached hydrogen (secondary N) is 1. The molecule has 1 aliphatic heterocycles. The molecule has 1 heterocycles. The summed E-state index contributed by atoms with van der Waals surface area (Å²) >= 11 is 0. The molecule has 1 aliphatic rings. The topological polar surface area (TPSA) is 50.8 Å². The van der Waals surface area contributed by atoms with Crippen LogP contribution in [0.25, 0.3) is 0 Å². The molecule has 26 heavy (non-hydrogen) atoms. The highest BCUT2D eigenvalue weighted by molar-refractivity contribution is 6.01. The van der Waals surface area contributed by atoms with E-state index in [0.29, 0.717) is 11.3 Å². The van der Waals surface area contributed by atoms with Crippen molar-refractivity contribution in [3.05, 3.63) is 59.7 Å². The Morgan fingerprint density at radius 3 is 2.54 bits per heavy atom. The van der Waals surface area contributed by atoms with E-state index in [0.717, 1.165) is 0 Å². The number of rotatable bonds is 5. The first-order valence-electron chi connectivity index (χ1n) is 7.91. The second kappa shape index (κ2) is 7.25. The Kier molecular flexibility index (Phi) is 5.03. The van der Waals surface area contributed by atoms with E-state index in [2.05, 4.69) is 10.1 Å². The standard InChI is InChI=1S/C18H17F3N2O3/c1-25-11-10-23-16(22-14-8-4-2-6-12(14)17(23)24)13-7-3-5-9-15(13)26-18(19,20)21/h2-9,16,22H,10-11H2,1H3/t16-/m0/s1. The molecule has 0 bridgehead atoms. The van der Waals surface area contributed by atoms with Crippen LogP contribution in [0, 0.1) is 0 Å². The number of amides is 1. The van der Waals surface area contributed by atoms with Gasteiger partial charge in [-0.15, -0.1) is 13.2 Å². The van der Waals surface area contributed by atoms with E-state index >= 15 is 0 Å². The maximum absolute atomic E-state index is 12.9. The molecule has 0 aliphatic carbocycles. The number of alkyl halides is 3. The van der Waals surface area contributed by atoms with Crippen LogP contribution in [0.3, 0.4) is 0 Å². The monoisotopic (exact) mass is 366 g/mol. The lowest BCUT2D eigenvalue weighted by molar-refractivity contribution is -0.275. The third-order valence-corrected chi connectivity index (χ3v) is 4.00. The lowest BCUT2D eigenvalue weighted by atomic mass is 10.0. The molecule has 0 unspecified atom stereocenters. The Balaban J connectivity index is 2.03. The van der Waals surface area contributed by atoms with E-state index < -0.39 is 12.5 Å². The minimum atomic E-state index is -4.83. The maximum atomic E-state index is 12.9. The van der Waals surface area contributed by atoms with E-state index in [4.69, 9.17) is 4.74 Å². The highest BCUT2D eigenvalue weighted by Gasteiger charge is 2.37. The average molecular weight is 366 g/mol. The number of methoxy groups -OCH3 is 1. The Morgan fingerprint density at radius 1 is 1.12 bits per heavy atom. The summed E-state index contributed by atoms with van der Waals surface area (Å²) in [6.45, 7) is 0.454. The van der Waals surface area contributed by atoms with Crippen molar-refractivity contribution in [3.8, 4) is 5.75 Å².